The van der Waals surface area contributed by atoms with Gasteiger partial charge in [0.15, 0.2) is 18.1 Å². The SMILES string of the molecule is CCCOc1ccccc1OC(=O)CN1C(=O)COc2ccccc21. The first-order chi connectivity index (χ1) is 12.2. The molecule has 0 aromatic heterocycles. The van der Waals surface area contributed by atoms with Gasteiger partial charge in [0.05, 0.1) is 12.3 Å². The normalized spacial score (nSPS) is 13.0. The second-order valence-corrected chi connectivity index (χ2v) is 5.51. The Hall–Kier alpha value is -3.02. The number of esters is 1. The number of para-hydroxylation sites is 4. The van der Waals surface area contributed by atoms with Crippen molar-refractivity contribution in [2.75, 3.05) is 24.7 Å². The standard InChI is InChI=1S/C19H19NO5/c1-2-11-23-16-9-5-6-10-17(16)25-19(22)12-20-14-7-3-4-8-15(14)24-13-18(20)21/h3-10H,2,11-13H2,1H3. The Labute approximate surface area is 145 Å². The average molecular weight is 341 g/mol. The molecule has 0 fully saturated rings. The zero-order valence-corrected chi connectivity index (χ0v) is 13.9. The summed E-state index contributed by atoms with van der Waals surface area (Å²) in [6, 6.07) is 14.1. The van der Waals surface area contributed by atoms with Crippen LogP contribution in [0.25, 0.3) is 0 Å². The Balaban J connectivity index is 1.72. The molecule has 130 valence electrons. The Kier molecular flexibility index (Phi) is 5.18. The molecule has 0 radical (unpaired) electrons. The van der Waals surface area contributed by atoms with Gasteiger partial charge in [0.1, 0.15) is 12.3 Å². The molecule has 0 unspecified atom stereocenters. The van der Waals surface area contributed by atoms with Crippen LogP contribution in [0.1, 0.15) is 13.3 Å². The van der Waals surface area contributed by atoms with Gasteiger partial charge in [0, 0.05) is 0 Å². The predicted molar refractivity (Wildman–Crippen MR) is 92.2 cm³/mol. The summed E-state index contributed by atoms with van der Waals surface area (Å²) in [5, 5.41) is 0. The number of nitrogens with zero attached hydrogens (tertiary/aromatic N) is 1. The van der Waals surface area contributed by atoms with Gasteiger partial charge in [-0.2, -0.15) is 0 Å². The minimum Gasteiger partial charge on any atom is -0.490 e. The Morgan fingerprint density at radius 3 is 2.64 bits per heavy atom. The first-order valence-electron chi connectivity index (χ1n) is 8.13. The lowest BCUT2D eigenvalue weighted by Gasteiger charge is -2.28. The van der Waals surface area contributed by atoms with Crippen LogP contribution in [-0.4, -0.2) is 31.6 Å². The van der Waals surface area contributed by atoms with E-state index < -0.39 is 5.97 Å². The molecule has 0 atom stereocenters. The molecule has 2 aromatic carbocycles. The van der Waals surface area contributed by atoms with Crippen molar-refractivity contribution in [2.45, 2.75) is 13.3 Å². The predicted octanol–water partition coefficient (Wildman–Crippen LogP) is 2.81. The topological polar surface area (TPSA) is 65.1 Å². The number of anilines is 1. The molecule has 0 N–H and O–H groups in total. The van der Waals surface area contributed by atoms with Crippen molar-refractivity contribution < 1.29 is 23.8 Å². The maximum atomic E-state index is 12.3. The quantitative estimate of drug-likeness (QED) is 0.597. The van der Waals surface area contributed by atoms with Crippen LogP contribution in [0, 0.1) is 0 Å². The molecule has 3 rings (SSSR count). The molecule has 1 aliphatic heterocycles. The fourth-order valence-corrected chi connectivity index (χ4v) is 2.48. The maximum Gasteiger partial charge on any atom is 0.331 e. The zero-order chi connectivity index (χ0) is 17.6. The summed E-state index contributed by atoms with van der Waals surface area (Å²) in [7, 11) is 0. The monoisotopic (exact) mass is 341 g/mol. The summed E-state index contributed by atoms with van der Waals surface area (Å²) in [6.07, 6.45) is 0.849. The van der Waals surface area contributed by atoms with Crippen molar-refractivity contribution in [3.8, 4) is 17.2 Å². The molecule has 0 bridgehead atoms. The van der Waals surface area contributed by atoms with E-state index in [1.165, 1.54) is 4.90 Å². The Morgan fingerprint density at radius 2 is 1.84 bits per heavy atom. The van der Waals surface area contributed by atoms with Gasteiger partial charge in [-0.05, 0) is 30.7 Å². The van der Waals surface area contributed by atoms with Crippen LogP contribution in [0.2, 0.25) is 0 Å². The smallest absolute Gasteiger partial charge is 0.331 e. The van der Waals surface area contributed by atoms with Gasteiger partial charge in [-0.15, -0.1) is 0 Å². The summed E-state index contributed by atoms with van der Waals surface area (Å²) < 4.78 is 16.4. The molecule has 0 aliphatic carbocycles. The number of ether oxygens (including phenoxy) is 3. The van der Waals surface area contributed by atoms with E-state index >= 15 is 0 Å². The number of benzene rings is 2. The van der Waals surface area contributed by atoms with Crippen LogP contribution in [-0.2, 0) is 9.59 Å². The third-order valence-electron chi connectivity index (χ3n) is 3.63. The number of carbonyl (C=O) groups is 2. The van der Waals surface area contributed by atoms with Crippen LogP contribution in [0.4, 0.5) is 5.69 Å². The first-order valence-corrected chi connectivity index (χ1v) is 8.13. The Bertz CT molecular complexity index is 774. The highest BCUT2D eigenvalue weighted by Gasteiger charge is 2.27. The van der Waals surface area contributed by atoms with Crippen LogP contribution in [0.5, 0.6) is 17.2 Å². The van der Waals surface area contributed by atoms with E-state index in [2.05, 4.69) is 0 Å². The lowest BCUT2D eigenvalue weighted by molar-refractivity contribution is -0.134. The molecular weight excluding hydrogens is 322 g/mol. The highest BCUT2D eigenvalue weighted by molar-refractivity contribution is 6.01. The molecule has 2 aromatic rings. The molecular formula is C19H19NO5. The molecule has 1 amide bonds. The summed E-state index contributed by atoms with van der Waals surface area (Å²) in [4.78, 5) is 25.8. The second kappa shape index (κ2) is 7.70. The maximum absolute atomic E-state index is 12.3. The average Bonchev–Trinajstić information content (AvgIpc) is 2.63. The third kappa shape index (κ3) is 3.91. The summed E-state index contributed by atoms with van der Waals surface area (Å²) in [5.74, 6) is 0.590. The van der Waals surface area contributed by atoms with Crippen LogP contribution < -0.4 is 19.1 Å². The minimum absolute atomic E-state index is 0.0967. The van der Waals surface area contributed by atoms with Gasteiger partial charge in [0.25, 0.3) is 5.91 Å². The van der Waals surface area contributed by atoms with Crippen molar-refractivity contribution in [2.24, 2.45) is 0 Å². The number of amides is 1. The van der Waals surface area contributed by atoms with Gasteiger partial charge >= 0.3 is 5.97 Å². The van der Waals surface area contributed by atoms with Crippen molar-refractivity contribution >= 4 is 17.6 Å². The number of hydrogen-bond acceptors (Lipinski definition) is 5. The highest BCUT2D eigenvalue weighted by atomic mass is 16.6. The van der Waals surface area contributed by atoms with E-state index in [0.29, 0.717) is 29.5 Å². The molecule has 0 saturated carbocycles. The van der Waals surface area contributed by atoms with E-state index in [-0.39, 0.29) is 19.1 Å². The molecule has 6 nitrogen and oxygen atoms in total. The lowest BCUT2D eigenvalue weighted by atomic mass is 10.2. The summed E-state index contributed by atoms with van der Waals surface area (Å²) in [5.41, 5.74) is 0.561. The minimum atomic E-state index is -0.544. The Morgan fingerprint density at radius 1 is 1.12 bits per heavy atom. The van der Waals surface area contributed by atoms with Gasteiger partial charge in [-0.1, -0.05) is 31.2 Å². The van der Waals surface area contributed by atoms with Crippen molar-refractivity contribution in [1.82, 2.24) is 0 Å². The van der Waals surface area contributed by atoms with Gasteiger partial charge < -0.3 is 14.2 Å². The summed E-state index contributed by atoms with van der Waals surface area (Å²) in [6.45, 7) is 2.24. The molecule has 0 spiro atoms. The second-order valence-electron chi connectivity index (χ2n) is 5.51. The van der Waals surface area contributed by atoms with Crippen LogP contribution in [0.3, 0.4) is 0 Å². The zero-order valence-electron chi connectivity index (χ0n) is 13.9. The molecule has 1 heterocycles. The molecule has 6 heteroatoms. The molecule has 25 heavy (non-hydrogen) atoms. The van der Waals surface area contributed by atoms with Gasteiger partial charge in [-0.3, -0.25) is 9.69 Å². The molecule has 0 saturated heterocycles. The fourth-order valence-electron chi connectivity index (χ4n) is 2.48. The lowest BCUT2D eigenvalue weighted by Crippen LogP contribution is -2.43. The van der Waals surface area contributed by atoms with E-state index in [0.717, 1.165) is 6.42 Å². The number of carbonyl (C=O) groups excluding carboxylic acids is 2. The van der Waals surface area contributed by atoms with E-state index in [1.807, 2.05) is 19.1 Å². The number of fused-ring (bicyclic) bond motifs is 1. The van der Waals surface area contributed by atoms with Gasteiger partial charge in [-0.25, -0.2) is 4.79 Å². The van der Waals surface area contributed by atoms with Gasteiger partial charge in [0.2, 0.25) is 0 Å². The number of hydrogen-bond donors (Lipinski definition) is 0. The largest absolute Gasteiger partial charge is 0.490 e. The van der Waals surface area contributed by atoms with Crippen molar-refractivity contribution in [3.63, 3.8) is 0 Å². The van der Waals surface area contributed by atoms with E-state index in [1.54, 1.807) is 36.4 Å². The fraction of sp³-hybridized carbons (Fsp3) is 0.263. The molecule has 1 aliphatic rings. The van der Waals surface area contributed by atoms with Crippen LogP contribution in [0.15, 0.2) is 48.5 Å². The first kappa shape index (κ1) is 16.8. The summed E-state index contributed by atoms with van der Waals surface area (Å²) >= 11 is 0. The van der Waals surface area contributed by atoms with Crippen LogP contribution >= 0.6 is 0 Å². The van der Waals surface area contributed by atoms with E-state index in [9.17, 15) is 9.59 Å². The van der Waals surface area contributed by atoms with Crippen molar-refractivity contribution in [1.29, 1.82) is 0 Å². The third-order valence-corrected chi connectivity index (χ3v) is 3.63. The van der Waals surface area contributed by atoms with Crippen molar-refractivity contribution in [3.05, 3.63) is 48.5 Å². The highest BCUT2D eigenvalue weighted by Crippen LogP contribution is 2.32. The number of rotatable bonds is 6. The van der Waals surface area contributed by atoms with E-state index in [4.69, 9.17) is 14.2 Å².